The molecule has 4 nitrogen and oxygen atoms in total. The molecule has 1 amide bonds. The second-order valence-corrected chi connectivity index (χ2v) is 7.67. The van der Waals surface area contributed by atoms with Crippen molar-refractivity contribution in [2.75, 3.05) is 24.6 Å². The summed E-state index contributed by atoms with van der Waals surface area (Å²) in [5.74, 6) is 0.0313. The summed E-state index contributed by atoms with van der Waals surface area (Å²) in [6.45, 7) is 2.93. The Bertz CT molecular complexity index is 572. The number of nitrogens with zero attached hydrogens (tertiary/aromatic N) is 1. The Hall–Kier alpha value is -1.55. The van der Waals surface area contributed by atoms with Crippen molar-refractivity contribution in [2.45, 2.75) is 63.0 Å². The van der Waals surface area contributed by atoms with E-state index in [-0.39, 0.29) is 17.6 Å². The van der Waals surface area contributed by atoms with Crippen LogP contribution in [0.5, 0.6) is 0 Å². The summed E-state index contributed by atoms with van der Waals surface area (Å²) in [7, 11) is 0. The van der Waals surface area contributed by atoms with Gasteiger partial charge in [-0.25, -0.2) is 0 Å². The molecule has 0 aromatic heterocycles. The van der Waals surface area contributed by atoms with Gasteiger partial charge >= 0.3 is 0 Å². The van der Waals surface area contributed by atoms with E-state index in [1.165, 1.54) is 37.8 Å². The summed E-state index contributed by atoms with van der Waals surface area (Å²) in [4.78, 5) is 14.9. The summed E-state index contributed by atoms with van der Waals surface area (Å²) in [5.41, 5.74) is 2.05. The maximum atomic E-state index is 12.5. The average Bonchev–Trinajstić information content (AvgIpc) is 3.26. The molecule has 2 aliphatic heterocycles. The van der Waals surface area contributed by atoms with Gasteiger partial charge in [0.15, 0.2) is 0 Å². The monoisotopic (exact) mass is 328 g/mol. The Kier molecular flexibility index (Phi) is 4.49. The molecule has 130 valence electrons. The van der Waals surface area contributed by atoms with E-state index in [0.717, 1.165) is 37.9 Å². The zero-order valence-corrected chi connectivity index (χ0v) is 14.4. The van der Waals surface area contributed by atoms with E-state index >= 15 is 0 Å². The standard InChI is InChI=1S/C20H28N2O2/c23-19(21-17-14-20(24-15-17)10-2-3-11-20)16-6-8-18(9-7-16)22-12-4-1-5-13-22/h6-9,17H,1-5,10-15H2,(H,21,23)/t17-/m1/s1. The van der Waals surface area contributed by atoms with Crippen molar-refractivity contribution in [3.63, 3.8) is 0 Å². The van der Waals surface area contributed by atoms with Gasteiger partial charge in [0.05, 0.1) is 18.2 Å². The van der Waals surface area contributed by atoms with Crippen molar-refractivity contribution in [3.05, 3.63) is 29.8 Å². The molecule has 24 heavy (non-hydrogen) atoms. The molecule has 1 atom stereocenters. The number of benzene rings is 1. The Balaban J connectivity index is 1.34. The van der Waals surface area contributed by atoms with Crippen molar-refractivity contribution in [3.8, 4) is 0 Å². The smallest absolute Gasteiger partial charge is 0.251 e. The maximum absolute atomic E-state index is 12.5. The van der Waals surface area contributed by atoms with Crippen LogP contribution >= 0.6 is 0 Å². The molecule has 1 spiro atoms. The number of ether oxygens (including phenoxy) is 1. The molecule has 0 radical (unpaired) electrons. The molecule has 3 aliphatic rings. The first-order chi connectivity index (χ1) is 11.7. The van der Waals surface area contributed by atoms with Gasteiger partial charge < -0.3 is 15.0 Å². The van der Waals surface area contributed by atoms with Crippen molar-refractivity contribution < 1.29 is 9.53 Å². The average molecular weight is 328 g/mol. The first-order valence-corrected chi connectivity index (χ1v) is 9.54. The maximum Gasteiger partial charge on any atom is 0.251 e. The number of carbonyl (C=O) groups is 1. The molecular formula is C20H28N2O2. The van der Waals surface area contributed by atoms with Gasteiger partial charge in [-0.15, -0.1) is 0 Å². The molecule has 4 rings (SSSR count). The zero-order chi connectivity index (χ0) is 16.4. The van der Waals surface area contributed by atoms with Crippen molar-refractivity contribution in [1.29, 1.82) is 0 Å². The van der Waals surface area contributed by atoms with Gasteiger partial charge in [0.25, 0.3) is 5.91 Å². The van der Waals surface area contributed by atoms with Gasteiger partial charge in [-0.2, -0.15) is 0 Å². The number of piperidine rings is 1. The van der Waals surface area contributed by atoms with E-state index in [1.54, 1.807) is 0 Å². The fourth-order valence-corrected chi connectivity index (χ4v) is 4.55. The lowest BCUT2D eigenvalue weighted by Crippen LogP contribution is -2.36. The van der Waals surface area contributed by atoms with E-state index in [4.69, 9.17) is 4.74 Å². The van der Waals surface area contributed by atoms with Crippen molar-refractivity contribution in [1.82, 2.24) is 5.32 Å². The van der Waals surface area contributed by atoms with E-state index < -0.39 is 0 Å². The molecule has 1 N–H and O–H groups in total. The van der Waals surface area contributed by atoms with Crippen LogP contribution in [0.25, 0.3) is 0 Å². The Morgan fingerprint density at radius 2 is 1.75 bits per heavy atom. The quantitative estimate of drug-likeness (QED) is 0.923. The fraction of sp³-hybridized carbons (Fsp3) is 0.650. The Morgan fingerprint density at radius 3 is 2.46 bits per heavy atom. The van der Waals surface area contributed by atoms with Crippen LogP contribution < -0.4 is 10.2 Å². The number of hydrogen-bond acceptors (Lipinski definition) is 3. The molecule has 2 saturated heterocycles. The number of amides is 1. The van der Waals surface area contributed by atoms with Crippen LogP contribution in [0.3, 0.4) is 0 Å². The largest absolute Gasteiger partial charge is 0.373 e. The third-order valence-electron chi connectivity index (χ3n) is 5.91. The SMILES string of the molecule is O=C(N[C@H]1COC2(CCCC2)C1)c1ccc(N2CCCCC2)cc1. The highest BCUT2D eigenvalue weighted by Crippen LogP contribution is 2.40. The first-order valence-electron chi connectivity index (χ1n) is 9.54. The van der Waals surface area contributed by atoms with Crippen LogP contribution in [-0.4, -0.2) is 37.2 Å². The summed E-state index contributed by atoms with van der Waals surface area (Å²) in [5, 5.41) is 3.17. The topological polar surface area (TPSA) is 41.6 Å². The summed E-state index contributed by atoms with van der Waals surface area (Å²) in [6, 6.07) is 8.26. The minimum Gasteiger partial charge on any atom is -0.373 e. The number of nitrogens with one attached hydrogen (secondary N) is 1. The second-order valence-electron chi connectivity index (χ2n) is 7.67. The van der Waals surface area contributed by atoms with Crippen LogP contribution in [-0.2, 0) is 4.74 Å². The Morgan fingerprint density at radius 1 is 1.04 bits per heavy atom. The summed E-state index contributed by atoms with van der Waals surface area (Å²) < 4.78 is 6.03. The van der Waals surface area contributed by atoms with Crippen molar-refractivity contribution in [2.24, 2.45) is 0 Å². The highest BCUT2D eigenvalue weighted by Gasteiger charge is 2.42. The molecule has 1 aromatic carbocycles. The number of carbonyl (C=O) groups excluding carboxylic acids is 1. The molecule has 0 bridgehead atoms. The third kappa shape index (κ3) is 3.30. The van der Waals surface area contributed by atoms with E-state index in [9.17, 15) is 4.79 Å². The lowest BCUT2D eigenvalue weighted by molar-refractivity contribution is 0.00988. The highest BCUT2D eigenvalue weighted by atomic mass is 16.5. The predicted molar refractivity (Wildman–Crippen MR) is 95.5 cm³/mol. The van der Waals surface area contributed by atoms with Crippen LogP contribution in [0.2, 0.25) is 0 Å². The first kappa shape index (κ1) is 15.9. The fourth-order valence-electron chi connectivity index (χ4n) is 4.55. The molecular weight excluding hydrogens is 300 g/mol. The van der Waals surface area contributed by atoms with Crippen LogP contribution in [0.4, 0.5) is 5.69 Å². The van der Waals surface area contributed by atoms with Gasteiger partial charge in [-0.1, -0.05) is 12.8 Å². The van der Waals surface area contributed by atoms with Crippen LogP contribution in [0.1, 0.15) is 61.7 Å². The van der Waals surface area contributed by atoms with E-state index in [2.05, 4.69) is 22.3 Å². The third-order valence-corrected chi connectivity index (χ3v) is 5.91. The molecule has 1 aliphatic carbocycles. The minimum absolute atomic E-state index is 0.0313. The van der Waals surface area contributed by atoms with Gasteiger partial charge in [0.2, 0.25) is 0 Å². The van der Waals surface area contributed by atoms with E-state index in [1.807, 2.05) is 12.1 Å². The van der Waals surface area contributed by atoms with Gasteiger partial charge in [0, 0.05) is 24.3 Å². The molecule has 3 fully saturated rings. The normalized spacial score (nSPS) is 26.0. The molecule has 4 heteroatoms. The lowest BCUT2D eigenvalue weighted by Gasteiger charge is -2.28. The van der Waals surface area contributed by atoms with Crippen LogP contribution in [0, 0.1) is 0 Å². The molecule has 0 unspecified atom stereocenters. The number of anilines is 1. The summed E-state index contributed by atoms with van der Waals surface area (Å²) >= 11 is 0. The van der Waals surface area contributed by atoms with Gasteiger partial charge in [-0.05, 0) is 62.8 Å². The number of hydrogen-bond donors (Lipinski definition) is 1. The predicted octanol–water partition coefficient (Wildman–Crippen LogP) is 3.51. The summed E-state index contributed by atoms with van der Waals surface area (Å²) in [6.07, 6.45) is 9.69. The van der Waals surface area contributed by atoms with E-state index in [0.29, 0.717) is 6.61 Å². The van der Waals surface area contributed by atoms with Crippen LogP contribution in [0.15, 0.2) is 24.3 Å². The second kappa shape index (κ2) is 6.75. The minimum atomic E-state index is 0.0313. The van der Waals surface area contributed by atoms with Crippen molar-refractivity contribution >= 4 is 11.6 Å². The lowest BCUT2D eigenvalue weighted by atomic mass is 9.96. The van der Waals surface area contributed by atoms with Gasteiger partial charge in [0.1, 0.15) is 0 Å². The van der Waals surface area contributed by atoms with Gasteiger partial charge in [-0.3, -0.25) is 4.79 Å². The number of rotatable bonds is 3. The molecule has 1 aromatic rings. The molecule has 1 saturated carbocycles. The molecule has 2 heterocycles. The highest BCUT2D eigenvalue weighted by molar-refractivity contribution is 5.94. The Labute approximate surface area is 144 Å². The zero-order valence-electron chi connectivity index (χ0n) is 14.4.